The number of hydrogen-bond acceptors (Lipinski definition) is 8. The second kappa shape index (κ2) is 10.7. The molecule has 0 heterocycles. The molecule has 0 aromatic heterocycles. The molecule has 0 amide bonds. The van der Waals surface area contributed by atoms with Gasteiger partial charge >= 0.3 is 11.9 Å². The van der Waals surface area contributed by atoms with Crippen molar-refractivity contribution >= 4 is 11.9 Å². The van der Waals surface area contributed by atoms with Crippen molar-refractivity contribution in [3.63, 3.8) is 0 Å². The third-order valence-corrected chi connectivity index (χ3v) is 7.48. The van der Waals surface area contributed by atoms with Gasteiger partial charge in [-0.05, 0) is 78.5 Å². The zero-order chi connectivity index (χ0) is 26.0. The molecule has 0 radical (unpaired) electrons. The van der Waals surface area contributed by atoms with Crippen LogP contribution < -0.4 is 9.47 Å². The lowest BCUT2D eigenvalue weighted by Crippen LogP contribution is -2.42. The lowest BCUT2D eigenvalue weighted by Gasteiger charge is -2.43. The van der Waals surface area contributed by atoms with Crippen LogP contribution in [-0.4, -0.2) is 48.6 Å². The van der Waals surface area contributed by atoms with E-state index >= 15 is 0 Å². The molecule has 0 saturated heterocycles. The highest BCUT2D eigenvalue weighted by Crippen LogP contribution is 2.46. The smallest absolute Gasteiger partial charge is 0.302 e. The molecule has 0 bridgehead atoms. The fraction of sp³-hybridized carbons (Fsp3) is 0.500. The molecule has 2 aromatic rings. The van der Waals surface area contributed by atoms with E-state index in [0.717, 1.165) is 23.1 Å². The van der Waals surface area contributed by atoms with Gasteiger partial charge in [0.25, 0.3) is 0 Å². The predicted molar refractivity (Wildman–Crippen MR) is 131 cm³/mol. The monoisotopic (exact) mass is 498 g/mol. The topological polar surface area (TPSA) is 112 Å². The summed E-state index contributed by atoms with van der Waals surface area (Å²) in [5, 5.41) is 20.5. The summed E-state index contributed by atoms with van der Waals surface area (Å²) in [6, 6.07) is 8.95. The van der Waals surface area contributed by atoms with Gasteiger partial charge < -0.3 is 29.2 Å². The van der Waals surface area contributed by atoms with E-state index < -0.39 is 12.2 Å². The van der Waals surface area contributed by atoms with Crippen molar-refractivity contribution in [2.75, 3.05) is 14.2 Å². The quantitative estimate of drug-likeness (QED) is 0.588. The van der Waals surface area contributed by atoms with Crippen molar-refractivity contribution in [1.29, 1.82) is 0 Å². The molecular formula is C28H34O8. The lowest BCUT2D eigenvalue weighted by atomic mass is 9.66. The minimum atomic E-state index is -0.437. The average molecular weight is 499 g/mol. The van der Waals surface area contributed by atoms with Crippen LogP contribution in [0.1, 0.15) is 55.7 Å². The molecule has 0 unspecified atom stereocenters. The minimum Gasteiger partial charge on any atom is -0.504 e. The largest absolute Gasteiger partial charge is 0.504 e. The molecule has 1 saturated carbocycles. The first kappa shape index (κ1) is 25.7. The van der Waals surface area contributed by atoms with Crippen molar-refractivity contribution in [3.8, 4) is 23.0 Å². The van der Waals surface area contributed by atoms with Gasteiger partial charge in [0.15, 0.2) is 23.0 Å². The summed E-state index contributed by atoms with van der Waals surface area (Å²) < 4.78 is 22.2. The van der Waals surface area contributed by atoms with E-state index in [1.54, 1.807) is 12.1 Å². The predicted octanol–water partition coefficient (Wildman–Crippen LogP) is 4.28. The molecule has 2 N–H and O–H groups in total. The Bertz CT molecular complexity index is 1130. The first-order valence-electron chi connectivity index (χ1n) is 12.3. The Morgan fingerprint density at radius 3 is 2.14 bits per heavy atom. The number of carbonyl (C=O) groups excluding carboxylic acids is 2. The summed E-state index contributed by atoms with van der Waals surface area (Å²) >= 11 is 0. The minimum absolute atomic E-state index is 0.00415. The van der Waals surface area contributed by atoms with Crippen LogP contribution in [0.25, 0.3) is 0 Å². The van der Waals surface area contributed by atoms with Crippen molar-refractivity contribution in [2.24, 2.45) is 11.8 Å². The van der Waals surface area contributed by atoms with E-state index in [0.29, 0.717) is 37.2 Å². The Balaban J connectivity index is 1.75. The Hall–Kier alpha value is -3.42. The van der Waals surface area contributed by atoms with Gasteiger partial charge in [0.05, 0.1) is 14.2 Å². The lowest BCUT2D eigenvalue weighted by molar-refractivity contribution is -0.158. The molecule has 0 aliphatic heterocycles. The van der Waals surface area contributed by atoms with Crippen LogP contribution >= 0.6 is 0 Å². The highest BCUT2D eigenvalue weighted by molar-refractivity contribution is 5.67. The summed E-state index contributed by atoms with van der Waals surface area (Å²) in [5.41, 5.74) is 3.08. The summed E-state index contributed by atoms with van der Waals surface area (Å²) in [6.07, 6.45) is 2.20. The van der Waals surface area contributed by atoms with E-state index in [4.69, 9.17) is 18.9 Å². The van der Waals surface area contributed by atoms with E-state index in [9.17, 15) is 19.8 Å². The zero-order valence-corrected chi connectivity index (χ0v) is 21.2. The van der Waals surface area contributed by atoms with Gasteiger partial charge in [0.2, 0.25) is 0 Å². The fourth-order valence-corrected chi connectivity index (χ4v) is 5.95. The number of esters is 2. The molecule has 0 spiro atoms. The van der Waals surface area contributed by atoms with Crippen LogP contribution in [0, 0.1) is 11.8 Å². The number of ether oxygens (including phenoxy) is 4. The number of methoxy groups -OCH3 is 2. The number of phenolic OH excluding ortho intramolecular Hbond substituents is 2. The van der Waals surface area contributed by atoms with Gasteiger partial charge in [-0.25, -0.2) is 0 Å². The maximum absolute atomic E-state index is 12.1. The van der Waals surface area contributed by atoms with Crippen molar-refractivity contribution in [1.82, 2.24) is 0 Å². The SMILES string of the molecule is COc1cc([C@@H]2C[C@H](OC(C)=O)C[C@@H](OC(C)=O)[C@H]3Cc4cc(OC)c(O)cc4C[C@H]3C2)ccc1O. The van der Waals surface area contributed by atoms with Gasteiger partial charge in [-0.3, -0.25) is 9.59 Å². The van der Waals surface area contributed by atoms with Crippen LogP contribution in [0.2, 0.25) is 0 Å². The molecule has 8 nitrogen and oxygen atoms in total. The second-order valence-electron chi connectivity index (χ2n) is 9.84. The number of hydrogen-bond donors (Lipinski definition) is 2. The Kier molecular flexibility index (Phi) is 7.62. The summed E-state index contributed by atoms with van der Waals surface area (Å²) in [5.74, 6) is 0.383. The second-order valence-corrected chi connectivity index (χ2v) is 9.84. The maximum atomic E-state index is 12.1. The van der Waals surface area contributed by atoms with Crippen molar-refractivity contribution in [3.05, 3.63) is 47.0 Å². The van der Waals surface area contributed by atoms with Gasteiger partial charge in [-0.2, -0.15) is 0 Å². The third kappa shape index (κ3) is 5.53. The first-order chi connectivity index (χ1) is 17.2. The molecular weight excluding hydrogens is 464 g/mol. The standard InChI is InChI=1S/C28H34O8/c1-15(29)35-22-9-18(17-5-6-24(31)27(12-17)33-3)7-21-8-19-11-25(32)28(34-4)13-20(19)10-23(21)26(14-22)36-16(2)30/h5-6,11-13,18,21-23,26,31-32H,7-10,14H2,1-4H3/t18-,21+,22-,23-,26+/m0/s1. The van der Waals surface area contributed by atoms with E-state index in [2.05, 4.69) is 0 Å². The highest BCUT2D eigenvalue weighted by Gasteiger charge is 2.42. The van der Waals surface area contributed by atoms with Gasteiger partial charge in [0.1, 0.15) is 12.2 Å². The normalized spacial score (nSPS) is 25.4. The van der Waals surface area contributed by atoms with Crippen molar-refractivity contribution in [2.45, 2.75) is 64.1 Å². The molecule has 2 aromatic carbocycles. The van der Waals surface area contributed by atoms with E-state index in [1.807, 2.05) is 18.2 Å². The fourth-order valence-electron chi connectivity index (χ4n) is 5.95. The van der Waals surface area contributed by atoms with E-state index in [-0.39, 0.29) is 41.2 Å². The number of benzene rings is 2. The Morgan fingerprint density at radius 1 is 0.806 bits per heavy atom. The molecule has 36 heavy (non-hydrogen) atoms. The number of rotatable bonds is 5. The highest BCUT2D eigenvalue weighted by atomic mass is 16.6. The number of aromatic hydroxyl groups is 2. The third-order valence-electron chi connectivity index (χ3n) is 7.48. The van der Waals surface area contributed by atoms with Crippen LogP contribution in [-0.2, 0) is 31.9 Å². The molecule has 5 atom stereocenters. The molecule has 1 fully saturated rings. The molecule has 2 aliphatic carbocycles. The maximum Gasteiger partial charge on any atom is 0.302 e. The Morgan fingerprint density at radius 2 is 1.47 bits per heavy atom. The summed E-state index contributed by atoms with van der Waals surface area (Å²) in [7, 11) is 3.03. The summed E-state index contributed by atoms with van der Waals surface area (Å²) in [4.78, 5) is 24.0. The zero-order valence-electron chi connectivity index (χ0n) is 21.2. The van der Waals surface area contributed by atoms with Crippen LogP contribution in [0.4, 0.5) is 0 Å². The number of phenols is 2. The van der Waals surface area contributed by atoms with Gasteiger partial charge in [-0.15, -0.1) is 0 Å². The van der Waals surface area contributed by atoms with Crippen LogP contribution in [0.15, 0.2) is 30.3 Å². The average Bonchev–Trinajstić information content (AvgIpc) is 2.81. The van der Waals surface area contributed by atoms with Crippen molar-refractivity contribution < 1.29 is 38.7 Å². The molecule has 4 rings (SSSR count). The van der Waals surface area contributed by atoms with Gasteiger partial charge in [-0.1, -0.05) is 6.07 Å². The van der Waals surface area contributed by atoms with E-state index in [1.165, 1.54) is 28.1 Å². The van der Waals surface area contributed by atoms with Crippen LogP contribution in [0.5, 0.6) is 23.0 Å². The Labute approximate surface area is 211 Å². The molecule has 2 aliphatic rings. The van der Waals surface area contributed by atoms with Gasteiger partial charge in [0, 0.05) is 26.2 Å². The molecule has 194 valence electrons. The first-order valence-corrected chi connectivity index (χ1v) is 12.3. The summed E-state index contributed by atoms with van der Waals surface area (Å²) in [6.45, 7) is 2.79. The number of fused-ring (bicyclic) bond motifs is 2. The molecule has 8 heteroatoms. The number of carbonyl (C=O) groups is 2. The van der Waals surface area contributed by atoms with Crippen LogP contribution in [0.3, 0.4) is 0 Å².